The van der Waals surface area contributed by atoms with Crippen molar-refractivity contribution in [2.75, 3.05) is 38.5 Å². The smallest absolute Gasteiger partial charge is 0.219 e. The molecule has 29 heavy (non-hydrogen) atoms. The number of aromatic nitrogens is 3. The van der Waals surface area contributed by atoms with E-state index in [4.69, 9.17) is 9.97 Å². The minimum absolute atomic E-state index is 0.106. The fourth-order valence-corrected chi connectivity index (χ4v) is 4.15. The van der Waals surface area contributed by atoms with Crippen LogP contribution in [0, 0.1) is 0 Å². The van der Waals surface area contributed by atoms with E-state index in [1.54, 1.807) is 6.92 Å². The first-order chi connectivity index (χ1) is 14.1. The van der Waals surface area contributed by atoms with Gasteiger partial charge >= 0.3 is 0 Å². The highest BCUT2D eigenvalue weighted by Gasteiger charge is 2.27. The van der Waals surface area contributed by atoms with Gasteiger partial charge in [0.15, 0.2) is 0 Å². The average Bonchev–Trinajstić information content (AvgIpc) is 2.74. The maximum atomic E-state index is 11.9. The molecule has 0 unspecified atom stereocenters. The summed E-state index contributed by atoms with van der Waals surface area (Å²) in [6, 6.07) is 5.98. The van der Waals surface area contributed by atoms with E-state index in [9.17, 15) is 4.79 Å². The molecule has 4 rings (SSSR count). The number of likely N-dealkylation sites (tertiary alicyclic amines) is 1. The van der Waals surface area contributed by atoms with E-state index >= 15 is 0 Å². The second-order valence-corrected chi connectivity index (χ2v) is 8.12. The monoisotopic (exact) mass is 394 g/mol. The van der Waals surface area contributed by atoms with E-state index in [1.165, 1.54) is 0 Å². The first-order valence-corrected chi connectivity index (χ1v) is 10.6. The number of nitrogens with one attached hydrogen (secondary N) is 1. The summed E-state index contributed by atoms with van der Waals surface area (Å²) in [7, 11) is 2.17. The van der Waals surface area contributed by atoms with Gasteiger partial charge in [-0.2, -0.15) is 0 Å². The Balaban J connectivity index is 1.56. The number of carbonyl (C=O) groups excluding carboxylic acids is 1. The zero-order valence-electron chi connectivity index (χ0n) is 17.4. The Morgan fingerprint density at radius 2 is 2.03 bits per heavy atom. The molecule has 0 spiro atoms. The van der Waals surface area contributed by atoms with Crippen LogP contribution in [0.5, 0.6) is 0 Å². The van der Waals surface area contributed by atoms with Gasteiger partial charge in [-0.15, -0.1) is 0 Å². The molecule has 2 aliphatic heterocycles. The number of amides is 1. The fourth-order valence-electron chi connectivity index (χ4n) is 4.15. The molecule has 154 valence electrons. The highest BCUT2D eigenvalue weighted by molar-refractivity contribution is 5.74. The highest BCUT2D eigenvalue weighted by atomic mass is 16.2. The SMILES string of the molecule is CC(=O)N1CCc2nc(C3CCN(C)CC3)nc(NCCc3ccccn3)c2C1. The normalized spacial score (nSPS) is 17.8. The van der Waals surface area contributed by atoms with Gasteiger partial charge in [-0.3, -0.25) is 9.78 Å². The first-order valence-electron chi connectivity index (χ1n) is 10.6. The number of fused-ring (bicyclic) bond motifs is 1. The van der Waals surface area contributed by atoms with Gasteiger partial charge < -0.3 is 15.1 Å². The Bertz CT molecular complexity index is 848. The van der Waals surface area contributed by atoms with Gasteiger partial charge in [0, 0.05) is 56.2 Å². The lowest BCUT2D eigenvalue weighted by Gasteiger charge is -2.31. The molecule has 4 heterocycles. The van der Waals surface area contributed by atoms with Crippen molar-refractivity contribution in [2.45, 2.75) is 45.1 Å². The molecule has 0 aliphatic carbocycles. The fraction of sp³-hybridized carbons (Fsp3) is 0.545. The van der Waals surface area contributed by atoms with E-state index < -0.39 is 0 Å². The summed E-state index contributed by atoms with van der Waals surface area (Å²) in [5, 5.41) is 3.53. The number of pyridine rings is 1. The molecular weight excluding hydrogens is 364 g/mol. The van der Waals surface area contributed by atoms with Crippen LogP contribution < -0.4 is 5.32 Å². The van der Waals surface area contributed by atoms with Crippen LogP contribution in [0.3, 0.4) is 0 Å². The van der Waals surface area contributed by atoms with Crippen molar-refractivity contribution in [3.63, 3.8) is 0 Å². The zero-order valence-corrected chi connectivity index (χ0v) is 17.4. The molecule has 0 atom stereocenters. The molecule has 7 nitrogen and oxygen atoms in total. The van der Waals surface area contributed by atoms with Crippen molar-refractivity contribution < 1.29 is 4.79 Å². The van der Waals surface area contributed by atoms with Crippen LogP contribution in [-0.4, -0.2) is 63.9 Å². The van der Waals surface area contributed by atoms with Crippen LogP contribution in [0.1, 0.15) is 48.5 Å². The quantitative estimate of drug-likeness (QED) is 0.838. The lowest BCUT2D eigenvalue weighted by molar-refractivity contribution is -0.129. The summed E-state index contributed by atoms with van der Waals surface area (Å²) in [4.78, 5) is 30.5. The molecule has 0 saturated carbocycles. The Morgan fingerprint density at radius 1 is 1.21 bits per heavy atom. The molecule has 2 aromatic rings. The minimum atomic E-state index is 0.106. The predicted molar refractivity (Wildman–Crippen MR) is 113 cm³/mol. The van der Waals surface area contributed by atoms with E-state index in [2.05, 4.69) is 22.2 Å². The lowest BCUT2D eigenvalue weighted by atomic mass is 9.95. The largest absolute Gasteiger partial charge is 0.369 e. The molecule has 1 amide bonds. The Kier molecular flexibility index (Phi) is 6.04. The van der Waals surface area contributed by atoms with Gasteiger partial charge in [0.05, 0.1) is 12.2 Å². The topological polar surface area (TPSA) is 74.2 Å². The molecular formula is C22H30N6O. The molecule has 7 heteroatoms. The van der Waals surface area contributed by atoms with Gasteiger partial charge in [0.1, 0.15) is 11.6 Å². The van der Waals surface area contributed by atoms with Crippen molar-refractivity contribution in [2.24, 2.45) is 0 Å². The maximum absolute atomic E-state index is 11.9. The Hall–Kier alpha value is -2.54. The third-order valence-corrected chi connectivity index (χ3v) is 6.01. The van der Waals surface area contributed by atoms with Crippen LogP contribution in [0.4, 0.5) is 5.82 Å². The number of hydrogen-bond donors (Lipinski definition) is 1. The molecule has 1 fully saturated rings. The van der Waals surface area contributed by atoms with Crippen molar-refractivity contribution in [3.05, 3.63) is 47.2 Å². The number of rotatable bonds is 5. The second-order valence-electron chi connectivity index (χ2n) is 8.12. The van der Waals surface area contributed by atoms with E-state index in [1.807, 2.05) is 29.3 Å². The third kappa shape index (κ3) is 4.72. The molecule has 0 bridgehead atoms. The Labute approximate surface area is 172 Å². The average molecular weight is 395 g/mol. The van der Waals surface area contributed by atoms with Gasteiger partial charge in [-0.25, -0.2) is 9.97 Å². The molecule has 1 N–H and O–H groups in total. The molecule has 1 saturated heterocycles. The second kappa shape index (κ2) is 8.86. The van der Waals surface area contributed by atoms with Crippen LogP contribution >= 0.6 is 0 Å². The molecule has 2 aromatic heterocycles. The summed E-state index contributed by atoms with van der Waals surface area (Å²) < 4.78 is 0. The summed E-state index contributed by atoms with van der Waals surface area (Å²) >= 11 is 0. The van der Waals surface area contributed by atoms with Gasteiger partial charge in [-0.05, 0) is 45.1 Å². The molecule has 2 aliphatic rings. The molecule has 0 radical (unpaired) electrons. The molecule has 0 aromatic carbocycles. The summed E-state index contributed by atoms with van der Waals surface area (Å²) in [6.45, 7) is 5.89. The number of anilines is 1. The zero-order chi connectivity index (χ0) is 20.2. The van der Waals surface area contributed by atoms with Gasteiger partial charge in [-0.1, -0.05) is 6.07 Å². The highest BCUT2D eigenvalue weighted by Crippen LogP contribution is 2.30. The van der Waals surface area contributed by atoms with Gasteiger partial charge in [0.2, 0.25) is 5.91 Å². The van der Waals surface area contributed by atoms with Crippen molar-refractivity contribution >= 4 is 11.7 Å². The van der Waals surface area contributed by atoms with Crippen molar-refractivity contribution in [1.82, 2.24) is 24.8 Å². The van der Waals surface area contributed by atoms with Crippen molar-refractivity contribution in [1.29, 1.82) is 0 Å². The van der Waals surface area contributed by atoms with E-state index in [0.717, 1.165) is 80.5 Å². The summed E-state index contributed by atoms with van der Waals surface area (Å²) in [6.07, 6.45) is 5.65. The lowest BCUT2D eigenvalue weighted by Crippen LogP contribution is -2.36. The summed E-state index contributed by atoms with van der Waals surface area (Å²) in [5.41, 5.74) is 3.24. The number of carbonyl (C=O) groups is 1. The minimum Gasteiger partial charge on any atom is -0.369 e. The number of hydrogen-bond acceptors (Lipinski definition) is 6. The maximum Gasteiger partial charge on any atom is 0.219 e. The summed E-state index contributed by atoms with van der Waals surface area (Å²) in [5.74, 6) is 2.38. The first kappa shape index (κ1) is 19.8. The van der Waals surface area contributed by atoms with Crippen LogP contribution in [0.25, 0.3) is 0 Å². The van der Waals surface area contributed by atoms with Gasteiger partial charge in [0.25, 0.3) is 0 Å². The van der Waals surface area contributed by atoms with Crippen LogP contribution in [0.2, 0.25) is 0 Å². The van der Waals surface area contributed by atoms with Crippen molar-refractivity contribution in [3.8, 4) is 0 Å². The number of nitrogens with zero attached hydrogens (tertiary/aromatic N) is 5. The Morgan fingerprint density at radius 3 is 2.76 bits per heavy atom. The van der Waals surface area contributed by atoms with E-state index in [-0.39, 0.29) is 5.91 Å². The third-order valence-electron chi connectivity index (χ3n) is 6.01. The van der Waals surface area contributed by atoms with E-state index in [0.29, 0.717) is 12.5 Å². The van der Waals surface area contributed by atoms with Crippen LogP contribution in [-0.2, 0) is 24.2 Å². The van der Waals surface area contributed by atoms with Crippen LogP contribution in [0.15, 0.2) is 24.4 Å². The predicted octanol–water partition coefficient (Wildman–Crippen LogP) is 2.24. The number of piperidine rings is 1. The standard InChI is InChI=1S/C22H30N6O/c1-16(29)28-14-9-20-19(15-28)22(24-11-6-18-5-3-4-10-23-18)26-21(25-20)17-7-12-27(2)13-8-17/h3-5,10,17H,6-9,11-15H2,1-2H3,(H,24,25,26).